The molecule has 138 valence electrons. The summed E-state index contributed by atoms with van der Waals surface area (Å²) in [5.74, 6) is 1.42. The topological polar surface area (TPSA) is 93.4 Å². The van der Waals surface area contributed by atoms with Crippen molar-refractivity contribution in [2.75, 3.05) is 18.0 Å². The van der Waals surface area contributed by atoms with Gasteiger partial charge in [0.2, 0.25) is 5.88 Å². The van der Waals surface area contributed by atoms with Crippen molar-refractivity contribution in [3.05, 3.63) is 51.8 Å². The van der Waals surface area contributed by atoms with E-state index < -0.39 is 4.92 Å². The van der Waals surface area contributed by atoms with Crippen molar-refractivity contribution >= 4 is 11.5 Å². The average Bonchev–Trinajstić information content (AvgIpc) is 2.60. The number of non-ortho nitro benzene ring substituents is 1. The Labute approximate surface area is 152 Å². The van der Waals surface area contributed by atoms with E-state index in [1.807, 2.05) is 6.92 Å². The Morgan fingerprint density at radius 3 is 2.50 bits per heavy atom. The van der Waals surface area contributed by atoms with E-state index in [2.05, 4.69) is 34.0 Å². The molecule has 2 aromatic rings. The predicted molar refractivity (Wildman–Crippen MR) is 98.5 cm³/mol. The Morgan fingerprint density at radius 1 is 1.23 bits per heavy atom. The normalized spacial score (nSPS) is 20.0. The van der Waals surface area contributed by atoms with Crippen molar-refractivity contribution in [3.8, 4) is 5.88 Å². The van der Waals surface area contributed by atoms with Gasteiger partial charge in [-0.2, -0.15) is 0 Å². The molecule has 0 saturated carbocycles. The number of benzene rings is 1. The lowest BCUT2D eigenvalue weighted by molar-refractivity contribution is -0.384. The maximum absolute atomic E-state index is 10.7. The van der Waals surface area contributed by atoms with Crippen LogP contribution in [0.2, 0.25) is 0 Å². The highest BCUT2D eigenvalue weighted by Crippen LogP contribution is 2.26. The van der Waals surface area contributed by atoms with Gasteiger partial charge in [-0.3, -0.25) is 10.1 Å². The van der Waals surface area contributed by atoms with E-state index in [9.17, 15) is 10.1 Å². The molecule has 2 heterocycles. The van der Waals surface area contributed by atoms with Gasteiger partial charge in [-0.15, -0.1) is 0 Å². The molecule has 1 saturated heterocycles. The van der Waals surface area contributed by atoms with Crippen molar-refractivity contribution < 1.29 is 9.66 Å². The summed E-state index contributed by atoms with van der Waals surface area (Å²) in [6.07, 6.45) is 1.52. The highest BCUT2D eigenvalue weighted by molar-refractivity contribution is 5.51. The number of aromatic nitrogens is 2. The van der Waals surface area contributed by atoms with Crippen LogP contribution in [0.4, 0.5) is 11.5 Å². The number of rotatable bonds is 5. The van der Waals surface area contributed by atoms with Gasteiger partial charge in [0.15, 0.2) is 0 Å². The summed E-state index contributed by atoms with van der Waals surface area (Å²) in [5, 5.41) is 14.2. The molecule has 26 heavy (non-hydrogen) atoms. The van der Waals surface area contributed by atoms with E-state index >= 15 is 0 Å². The molecule has 0 spiro atoms. The third-order valence-corrected chi connectivity index (χ3v) is 4.39. The lowest BCUT2D eigenvalue weighted by atomic mass is 10.1. The molecule has 1 N–H and O–H groups in total. The smallest absolute Gasteiger partial charge is 0.269 e. The largest absolute Gasteiger partial charge is 0.472 e. The van der Waals surface area contributed by atoms with Crippen LogP contribution in [0.25, 0.3) is 0 Å². The first kappa shape index (κ1) is 18.1. The Morgan fingerprint density at radius 2 is 1.88 bits per heavy atom. The number of piperazine rings is 1. The minimum Gasteiger partial charge on any atom is -0.472 e. The third kappa shape index (κ3) is 4.08. The quantitative estimate of drug-likeness (QED) is 0.649. The first-order chi connectivity index (χ1) is 12.4. The SMILES string of the molecule is Cc1c(OCc2ccc([N+](=O)[O-])cc2)ncnc1N1CC(C)NC(C)C1. The third-order valence-electron chi connectivity index (χ3n) is 4.39. The predicted octanol–water partition coefficient (Wildman–Crippen LogP) is 2.46. The second-order valence-electron chi connectivity index (χ2n) is 6.71. The Kier molecular flexibility index (Phi) is 5.32. The zero-order chi connectivity index (χ0) is 18.7. The molecule has 8 nitrogen and oxygen atoms in total. The molecule has 1 aromatic carbocycles. The molecule has 1 aliphatic heterocycles. The summed E-state index contributed by atoms with van der Waals surface area (Å²) in [6, 6.07) is 7.10. The van der Waals surface area contributed by atoms with Crippen LogP contribution in [-0.2, 0) is 6.61 Å². The van der Waals surface area contributed by atoms with E-state index in [4.69, 9.17) is 4.74 Å². The summed E-state index contributed by atoms with van der Waals surface area (Å²) >= 11 is 0. The Hall–Kier alpha value is -2.74. The Balaban J connectivity index is 1.72. The zero-order valence-corrected chi connectivity index (χ0v) is 15.2. The van der Waals surface area contributed by atoms with Crippen LogP contribution in [0.3, 0.4) is 0 Å². The van der Waals surface area contributed by atoms with E-state index in [0.717, 1.165) is 30.0 Å². The number of nitro benzene ring substituents is 1. The highest BCUT2D eigenvalue weighted by atomic mass is 16.6. The molecule has 0 radical (unpaired) electrons. The van der Waals surface area contributed by atoms with Crippen molar-refractivity contribution in [1.82, 2.24) is 15.3 Å². The van der Waals surface area contributed by atoms with Gasteiger partial charge >= 0.3 is 0 Å². The molecule has 0 aliphatic carbocycles. The number of nitro groups is 1. The van der Waals surface area contributed by atoms with Gasteiger partial charge < -0.3 is 15.0 Å². The van der Waals surface area contributed by atoms with Gasteiger partial charge in [-0.05, 0) is 38.5 Å². The monoisotopic (exact) mass is 357 g/mol. The number of hydrogen-bond donors (Lipinski definition) is 1. The van der Waals surface area contributed by atoms with Crippen LogP contribution in [0.15, 0.2) is 30.6 Å². The van der Waals surface area contributed by atoms with Crippen molar-refractivity contribution in [2.24, 2.45) is 0 Å². The van der Waals surface area contributed by atoms with Crippen LogP contribution in [0.5, 0.6) is 5.88 Å². The second kappa shape index (κ2) is 7.65. The number of hydrogen-bond acceptors (Lipinski definition) is 7. The molecule has 2 unspecified atom stereocenters. The van der Waals surface area contributed by atoms with Gasteiger partial charge in [-0.1, -0.05) is 0 Å². The van der Waals surface area contributed by atoms with Crippen molar-refractivity contribution in [1.29, 1.82) is 0 Å². The van der Waals surface area contributed by atoms with E-state index in [1.165, 1.54) is 18.5 Å². The van der Waals surface area contributed by atoms with E-state index in [0.29, 0.717) is 24.6 Å². The van der Waals surface area contributed by atoms with E-state index in [1.54, 1.807) is 12.1 Å². The number of nitrogens with zero attached hydrogens (tertiary/aromatic N) is 4. The summed E-state index contributed by atoms with van der Waals surface area (Å²) in [6.45, 7) is 8.33. The van der Waals surface area contributed by atoms with Gasteiger partial charge in [0.1, 0.15) is 18.8 Å². The molecule has 0 amide bonds. The maximum atomic E-state index is 10.7. The fraction of sp³-hybridized carbons (Fsp3) is 0.444. The van der Waals surface area contributed by atoms with Gasteiger partial charge in [-0.25, -0.2) is 9.97 Å². The maximum Gasteiger partial charge on any atom is 0.269 e. The standard InChI is InChI=1S/C18H23N5O3/c1-12-8-22(9-13(2)21-12)17-14(3)18(20-11-19-17)26-10-15-4-6-16(7-5-15)23(24)25/h4-7,11-13,21H,8-10H2,1-3H3. The summed E-state index contributed by atoms with van der Waals surface area (Å²) in [7, 11) is 0. The van der Waals surface area contributed by atoms with Crippen LogP contribution in [0, 0.1) is 17.0 Å². The minimum absolute atomic E-state index is 0.0659. The lowest BCUT2D eigenvalue weighted by Gasteiger charge is -2.37. The van der Waals surface area contributed by atoms with Crippen LogP contribution >= 0.6 is 0 Å². The number of ether oxygens (including phenoxy) is 1. The molecule has 8 heteroatoms. The average molecular weight is 357 g/mol. The summed E-state index contributed by atoms with van der Waals surface area (Å²) in [4.78, 5) is 21.3. The molecule has 0 bridgehead atoms. The van der Waals surface area contributed by atoms with E-state index in [-0.39, 0.29) is 5.69 Å². The fourth-order valence-electron chi connectivity index (χ4n) is 3.25. The molecule has 3 rings (SSSR count). The molecule has 1 aliphatic rings. The van der Waals surface area contributed by atoms with Crippen LogP contribution in [0.1, 0.15) is 25.0 Å². The van der Waals surface area contributed by atoms with Crippen molar-refractivity contribution in [3.63, 3.8) is 0 Å². The number of anilines is 1. The lowest BCUT2D eigenvalue weighted by Crippen LogP contribution is -2.54. The van der Waals surface area contributed by atoms with Crippen molar-refractivity contribution in [2.45, 2.75) is 39.5 Å². The highest BCUT2D eigenvalue weighted by Gasteiger charge is 2.24. The molecular weight excluding hydrogens is 334 g/mol. The first-order valence-corrected chi connectivity index (χ1v) is 8.62. The van der Waals surface area contributed by atoms with Gasteiger partial charge in [0, 0.05) is 37.3 Å². The molecular formula is C18H23N5O3. The summed E-state index contributed by atoms with van der Waals surface area (Å²) in [5.41, 5.74) is 1.81. The van der Waals surface area contributed by atoms with Gasteiger partial charge in [0.25, 0.3) is 5.69 Å². The molecule has 2 atom stereocenters. The fourth-order valence-corrected chi connectivity index (χ4v) is 3.25. The number of nitrogens with one attached hydrogen (secondary N) is 1. The first-order valence-electron chi connectivity index (χ1n) is 8.62. The molecule has 1 aromatic heterocycles. The second-order valence-corrected chi connectivity index (χ2v) is 6.71. The zero-order valence-electron chi connectivity index (χ0n) is 15.2. The van der Waals surface area contributed by atoms with Gasteiger partial charge in [0.05, 0.1) is 10.5 Å². The summed E-state index contributed by atoms with van der Waals surface area (Å²) < 4.78 is 5.85. The van der Waals surface area contributed by atoms with Crippen LogP contribution < -0.4 is 15.0 Å². The molecule has 1 fully saturated rings. The van der Waals surface area contributed by atoms with Crippen LogP contribution in [-0.4, -0.2) is 40.1 Å². The Bertz CT molecular complexity index is 771. The minimum atomic E-state index is -0.416.